The number of hydrogen-bond donors (Lipinski definition) is 5. The first-order chi connectivity index (χ1) is 13.9. The fourth-order valence-corrected chi connectivity index (χ4v) is 2.72. The highest BCUT2D eigenvalue weighted by atomic mass is 16.2. The first kappa shape index (κ1) is 26.8. The number of rotatable bonds is 17. The Hall–Kier alpha value is -2.16. The van der Waals surface area contributed by atoms with Crippen molar-refractivity contribution < 1.29 is 19.2 Å². The highest BCUT2D eigenvalue weighted by molar-refractivity contribution is 5.88. The molecule has 0 saturated carbocycles. The van der Waals surface area contributed by atoms with Crippen LogP contribution in [0.2, 0.25) is 0 Å². The van der Waals surface area contributed by atoms with Crippen LogP contribution in [0.25, 0.3) is 0 Å². The minimum Gasteiger partial charge on any atom is -0.356 e. The number of carbonyl (C=O) groups excluding carboxylic acids is 4. The average Bonchev–Trinajstić information content (AvgIpc) is 2.69. The molecule has 1 unspecified atom stereocenters. The maximum atomic E-state index is 12.3. The van der Waals surface area contributed by atoms with Gasteiger partial charge in [0.1, 0.15) is 6.04 Å². The molecule has 29 heavy (non-hydrogen) atoms. The molecule has 0 radical (unpaired) electrons. The van der Waals surface area contributed by atoms with Gasteiger partial charge in [-0.2, -0.15) is 0 Å². The summed E-state index contributed by atoms with van der Waals surface area (Å²) in [6.45, 7) is 5.22. The molecule has 0 aliphatic carbocycles. The predicted octanol–water partition coefficient (Wildman–Crippen LogP) is 0.547. The summed E-state index contributed by atoms with van der Waals surface area (Å²) in [6, 6.07) is -0.607. The Kier molecular flexibility index (Phi) is 16.6. The summed E-state index contributed by atoms with van der Waals surface area (Å²) in [7, 11) is 1.92. The van der Waals surface area contributed by atoms with Gasteiger partial charge in [0.2, 0.25) is 23.6 Å². The summed E-state index contributed by atoms with van der Waals surface area (Å²) >= 11 is 0. The summed E-state index contributed by atoms with van der Waals surface area (Å²) in [5.74, 6) is -0.943. The van der Waals surface area contributed by atoms with Gasteiger partial charge < -0.3 is 26.6 Å². The van der Waals surface area contributed by atoms with Crippen molar-refractivity contribution in [1.29, 1.82) is 0 Å². The molecule has 4 amide bonds. The van der Waals surface area contributed by atoms with Gasteiger partial charge in [-0.1, -0.05) is 26.2 Å². The third-order valence-electron chi connectivity index (χ3n) is 4.31. The summed E-state index contributed by atoms with van der Waals surface area (Å²) in [6.07, 6.45) is 5.82. The molecule has 0 aromatic heterocycles. The molecule has 5 N–H and O–H groups in total. The molecule has 0 saturated heterocycles. The van der Waals surface area contributed by atoms with Crippen LogP contribution in [0.15, 0.2) is 0 Å². The highest BCUT2D eigenvalue weighted by Gasteiger charge is 2.19. The van der Waals surface area contributed by atoms with E-state index in [1.54, 1.807) is 0 Å². The summed E-state index contributed by atoms with van der Waals surface area (Å²) in [5.41, 5.74) is 0. The zero-order valence-electron chi connectivity index (χ0n) is 18.2. The predicted molar refractivity (Wildman–Crippen MR) is 113 cm³/mol. The molecule has 0 aliphatic rings. The van der Waals surface area contributed by atoms with E-state index in [4.69, 9.17) is 0 Å². The molecule has 0 aromatic rings. The normalized spacial score (nSPS) is 11.4. The van der Waals surface area contributed by atoms with Crippen LogP contribution in [-0.4, -0.2) is 56.5 Å². The van der Waals surface area contributed by atoms with Crippen molar-refractivity contribution >= 4 is 23.6 Å². The Morgan fingerprint density at radius 3 is 2.03 bits per heavy atom. The van der Waals surface area contributed by atoms with Crippen LogP contribution in [0.4, 0.5) is 0 Å². The summed E-state index contributed by atoms with van der Waals surface area (Å²) < 4.78 is 0. The van der Waals surface area contributed by atoms with Gasteiger partial charge in [-0.25, -0.2) is 0 Å². The van der Waals surface area contributed by atoms with Crippen LogP contribution in [0, 0.1) is 0 Å². The minimum atomic E-state index is -0.607. The van der Waals surface area contributed by atoms with Gasteiger partial charge in [0.25, 0.3) is 0 Å². The lowest BCUT2D eigenvalue weighted by Gasteiger charge is -2.18. The monoisotopic (exact) mass is 413 g/mol. The zero-order valence-corrected chi connectivity index (χ0v) is 18.2. The van der Waals surface area contributed by atoms with E-state index in [-0.39, 0.29) is 43.1 Å². The Bertz CT molecular complexity index is 499. The Balaban J connectivity index is 4.11. The number of nitrogens with one attached hydrogen (secondary N) is 5. The van der Waals surface area contributed by atoms with Crippen LogP contribution in [0.5, 0.6) is 0 Å². The largest absolute Gasteiger partial charge is 0.356 e. The van der Waals surface area contributed by atoms with Crippen LogP contribution >= 0.6 is 0 Å². The van der Waals surface area contributed by atoms with E-state index in [1.807, 2.05) is 20.9 Å². The van der Waals surface area contributed by atoms with Crippen molar-refractivity contribution in [3.05, 3.63) is 0 Å². The molecular weight excluding hydrogens is 374 g/mol. The molecule has 0 rings (SSSR count). The molecule has 9 nitrogen and oxygen atoms in total. The first-order valence-corrected chi connectivity index (χ1v) is 10.7. The van der Waals surface area contributed by atoms with Crippen LogP contribution < -0.4 is 26.6 Å². The summed E-state index contributed by atoms with van der Waals surface area (Å²) in [5, 5.41) is 13.7. The second kappa shape index (κ2) is 17.9. The first-order valence-electron chi connectivity index (χ1n) is 10.7. The van der Waals surface area contributed by atoms with Crippen LogP contribution in [0.3, 0.4) is 0 Å². The lowest BCUT2D eigenvalue weighted by atomic mass is 10.1. The zero-order chi connectivity index (χ0) is 21.9. The van der Waals surface area contributed by atoms with Gasteiger partial charge >= 0.3 is 0 Å². The Labute approximate surface area is 174 Å². The fraction of sp³-hybridized carbons (Fsp3) is 0.800. The molecule has 0 bridgehead atoms. The van der Waals surface area contributed by atoms with Gasteiger partial charge in [0.05, 0.1) is 6.67 Å². The number of unbranched alkanes of at least 4 members (excludes halogenated alkanes) is 3. The van der Waals surface area contributed by atoms with Gasteiger partial charge in [-0.3, -0.25) is 19.2 Å². The Morgan fingerprint density at radius 2 is 1.41 bits per heavy atom. The van der Waals surface area contributed by atoms with Crippen LogP contribution in [-0.2, 0) is 19.2 Å². The van der Waals surface area contributed by atoms with E-state index in [1.165, 1.54) is 0 Å². The van der Waals surface area contributed by atoms with Crippen LogP contribution in [0.1, 0.15) is 71.6 Å². The third-order valence-corrected chi connectivity index (χ3v) is 4.31. The Morgan fingerprint density at radius 1 is 0.759 bits per heavy atom. The van der Waals surface area contributed by atoms with E-state index >= 15 is 0 Å². The van der Waals surface area contributed by atoms with Crippen molar-refractivity contribution in [3.8, 4) is 0 Å². The molecule has 0 spiro atoms. The maximum absolute atomic E-state index is 12.3. The van der Waals surface area contributed by atoms with E-state index in [0.29, 0.717) is 19.4 Å². The molecule has 0 heterocycles. The summed E-state index contributed by atoms with van der Waals surface area (Å²) in [4.78, 5) is 47.4. The van der Waals surface area contributed by atoms with E-state index in [0.717, 1.165) is 38.6 Å². The number of carbonyl (C=O) groups is 4. The van der Waals surface area contributed by atoms with Crippen molar-refractivity contribution in [2.75, 3.05) is 26.8 Å². The van der Waals surface area contributed by atoms with Crippen molar-refractivity contribution in [3.63, 3.8) is 0 Å². The standard InChI is InChI=1S/C20H39N5O4/c1-4-10-16(25-19(28)11-8-6-7-9-14-21-3)20(29)24-15-23-18(27)13-12-17(26)22-5-2/h16,21H,4-15H2,1-3H3,(H,22,26)(H,23,27)(H,24,29)(H,25,28). The highest BCUT2D eigenvalue weighted by Crippen LogP contribution is 2.04. The lowest BCUT2D eigenvalue weighted by Crippen LogP contribution is -2.49. The van der Waals surface area contributed by atoms with Gasteiger partial charge in [-0.05, 0) is 39.8 Å². The second-order valence-corrected chi connectivity index (χ2v) is 6.95. The smallest absolute Gasteiger partial charge is 0.243 e. The molecule has 0 aliphatic heterocycles. The molecule has 1 atom stereocenters. The third kappa shape index (κ3) is 15.4. The van der Waals surface area contributed by atoms with E-state index in [9.17, 15) is 19.2 Å². The SMILES string of the molecule is CCCC(NC(=O)CCCCCCNC)C(=O)NCNC(=O)CCC(=O)NCC. The molecule has 0 aromatic carbocycles. The minimum absolute atomic E-state index is 0.0331. The average molecular weight is 414 g/mol. The van der Waals surface area contributed by atoms with Crippen molar-refractivity contribution in [1.82, 2.24) is 26.6 Å². The molecule has 168 valence electrons. The quantitative estimate of drug-likeness (QED) is 0.176. The topological polar surface area (TPSA) is 128 Å². The van der Waals surface area contributed by atoms with Crippen molar-refractivity contribution in [2.24, 2.45) is 0 Å². The molecule has 0 fully saturated rings. The van der Waals surface area contributed by atoms with E-state index in [2.05, 4.69) is 26.6 Å². The fourth-order valence-electron chi connectivity index (χ4n) is 2.72. The van der Waals surface area contributed by atoms with Gasteiger partial charge in [-0.15, -0.1) is 0 Å². The second-order valence-electron chi connectivity index (χ2n) is 6.95. The molecule has 9 heteroatoms. The maximum Gasteiger partial charge on any atom is 0.243 e. The van der Waals surface area contributed by atoms with Gasteiger partial charge in [0.15, 0.2) is 0 Å². The number of amides is 4. The van der Waals surface area contributed by atoms with E-state index < -0.39 is 6.04 Å². The van der Waals surface area contributed by atoms with Gasteiger partial charge in [0, 0.05) is 25.8 Å². The lowest BCUT2D eigenvalue weighted by molar-refractivity contribution is -0.130. The molecular formula is C20H39N5O4. The number of hydrogen-bond acceptors (Lipinski definition) is 5. The van der Waals surface area contributed by atoms with Crippen molar-refractivity contribution in [2.45, 2.75) is 77.7 Å².